The number of aromatic hydroxyl groups is 1. The summed E-state index contributed by atoms with van der Waals surface area (Å²) in [6.45, 7) is 2.44. The smallest absolute Gasteiger partial charge is 0.243 e. The van der Waals surface area contributed by atoms with Gasteiger partial charge < -0.3 is 10.4 Å². The van der Waals surface area contributed by atoms with Crippen molar-refractivity contribution in [2.75, 3.05) is 5.32 Å². The molecule has 0 aliphatic heterocycles. The van der Waals surface area contributed by atoms with Gasteiger partial charge in [0, 0.05) is 5.56 Å². The Morgan fingerprint density at radius 3 is 2.80 bits per heavy atom. The van der Waals surface area contributed by atoms with E-state index in [0.717, 1.165) is 20.8 Å². The Hall–Kier alpha value is -3.06. The monoisotopic (exact) mass is 349 g/mol. The summed E-state index contributed by atoms with van der Waals surface area (Å²) in [4.78, 5) is 9.04. The molecule has 0 amide bonds. The van der Waals surface area contributed by atoms with Crippen molar-refractivity contribution in [3.63, 3.8) is 0 Å². The Kier molecular flexibility index (Phi) is 3.99. The number of nitrogens with one attached hydrogen (secondary N) is 1. The predicted molar refractivity (Wildman–Crippen MR) is 98.6 cm³/mol. The van der Waals surface area contributed by atoms with Crippen LogP contribution in [0.3, 0.4) is 0 Å². The van der Waals surface area contributed by atoms with E-state index in [1.807, 2.05) is 31.2 Å². The molecule has 0 aliphatic rings. The van der Waals surface area contributed by atoms with Crippen LogP contribution >= 0.6 is 11.3 Å². The SMILES string of the molecule is Cc1cccc(O)c1-c1cnnc(NCc2nc3ccccc3s2)n1. The van der Waals surface area contributed by atoms with Gasteiger partial charge in [-0.2, -0.15) is 5.10 Å². The minimum absolute atomic E-state index is 0.178. The van der Waals surface area contributed by atoms with E-state index in [0.29, 0.717) is 23.8 Å². The highest BCUT2D eigenvalue weighted by atomic mass is 32.1. The maximum absolute atomic E-state index is 10.1. The van der Waals surface area contributed by atoms with Gasteiger partial charge in [-0.1, -0.05) is 24.3 Å². The topological polar surface area (TPSA) is 83.8 Å². The number of aryl methyl sites for hydroxylation is 1. The van der Waals surface area contributed by atoms with Crippen LogP contribution in [0.25, 0.3) is 21.5 Å². The van der Waals surface area contributed by atoms with Gasteiger partial charge in [0.1, 0.15) is 10.8 Å². The molecule has 0 radical (unpaired) electrons. The summed E-state index contributed by atoms with van der Waals surface area (Å²) in [7, 11) is 0. The summed E-state index contributed by atoms with van der Waals surface area (Å²) < 4.78 is 1.15. The fraction of sp³-hybridized carbons (Fsp3) is 0.111. The standard InChI is InChI=1S/C18H15N5OS/c1-11-5-4-7-14(24)17(11)13-9-20-23-18(22-13)19-10-16-21-12-6-2-3-8-15(12)25-16/h2-9,24H,10H2,1H3,(H,19,22,23). The number of hydrogen-bond donors (Lipinski definition) is 2. The van der Waals surface area contributed by atoms with Crippen LogP contribution in [0, 0.1) is 6.92 Å². The molecule has 0 atom stereocenters. The summed E-state index contributed by atoms with van der Waals surface area (Å²) in [5.74, 6) is 0.581. The van der Waals surface area contributed by atoms with E-state index in [1.165, 1.54) is 0 Å². The molecule has 2 aromatic carbocycles. The summed E-state index contributed by atoms with van der Waals surface area (Å²) in [6.07, 6.45) is 1.55. The van der Waals surface area contributed by atoms with Gasteiger partial charge in [0.2, 0.25) is 5.95 Å². The Labute approximate surface area is 148 Å². The Morgan fingerprint density at radius 1 is 1.08 bits per heavy atom. The zero-order valence-corrected chi connectivity index (χ0v) is 14.3. The van der Waals surface area contributed by atoms with Gasteiger partial charge in [-0.3, -0.25) is 0 Å². The number of para-hydroxylation sites is 1. The molecule has 4 rings (SSSR count). The van der Waals surface area contributed by atoms with Crippen molar-refractivity contribution in [3.8, 4) is 17.0 Å². The molecule has 0 saturated carbocycles. The number of anilines is 1. The Balaban J connectivity index is 1.57. The lowest BCUT2D eigenvalue weighted by atomic mass is 10.1. The van der Waals surface area contributed by atoms with Crippen molar-refractivity contribution in [3.05, 3.63) is 59.2 Å². The highest BCUT2D eigenvalue weighted by molar-refractivity contribution is 7.18. The second kappa shape index (κ2) is 6.45. The molecule has 0 spiro atoms. The van der Waals surface area contributed by atoms with Crippen LogP contribution in [0.4, 0.5) is 5.95 Å². The summed E-state index contributed by atoms with van der Waals surface area (Å²) >= 11 is 1.63. The number of phenols is 1. The number of thiazole rings is 1. The average Bonchev–Trinajstić information content (AvgIpc) is 3.03. The van der Waals surface area contributed by atoms with Crippen LogP contribution in [0.15, 0.2) is 48.7 Å². The van der Waals surface area contributed by atoms with Crippen molar-refractivity contribution >= 4 is 27.5 Å². The van der Waals surface area contributed by atoms with Crippen LogP contribution in [0.5, 0.6) is 5.75 Å². The van der Waals surface area contributed by atoms with Crippen molar-refractivity contribution in [1.82, 2.24) is 20.2 Å². The van der Waals surface area contributed by atoms with E-state index < -0.39 is 0 Å². The summed E-state index contributed by atoms with van der Waals surface area (Å²) in [6, 6.07) is 13.4. The molecule has 0 saturated heterocycles. The normalized spacial score (nSPS) is 10.9. The fourth-order valence-corrected chi connectivity index (χ4v) is 3.54. The van der Waals surface area contributed by atoms with E-state index in [-0.39, 0.29) is 5.75 Å². The first kappa shape index (κ1) is 15.5. The highest BCUT2D eigenvalue weighted by Gasteiger charge is 2.11. The molecule has 4 aromatic rings. The molecule has 6 nitrogen and oxygen atoms in total. The first-order valence-corrected chi connectivity index (χ1v) is 8.59. The minimum atomic E-state index is 0.178. The number of phenolic OH excluding ortho intramolecular Hbond substituents is 1. The summed E-state index contributed by atoms with van der Waals surface area (Å²) in [5, 5.41) is 22.2. The van der Waals surface area contributed by atoms with Crippen molar-refractivity contribution in [2.24, 2.45) is 0 Å². The van der Waals surface area contributed by atoms with E-state index in [2.05, 4.69) is 31.5 Å². The number of rotatable bonds is 4. The van der Waals surface area contributed by atoms with Gasteiger partial charge in [-0.05, 0) is 30.7 Å². The van der Waals surface area contributed by atoms with Gasteiger partial charge in [0.25, 0.3) is 0 Å². The third-order valence-electron chi connectivity index (χ3n) is 3.80. The molecule has 2 N–H and O–H groups in total. The highest BCUT2D eigenvalue weighted by Crippen LogP contribution is 2.30. The van der Waals surface area contributed by atoms with Crippen molar-refractivity contribution in [1.29, 1.82) is 0 Å². The minimum Gasteiger partial charge on any atom is -0.507 e. The number of fused-ring (bicyclic) bond motifs is 1. The molecule has 0 bridgehead atoms. The molecular weight excluding hydrogens is 334 g/mol. The van der Waals surface area contributed by atoms with E-state index in [1.54, 1.807) is 29.7 Å². The molecule has 7 heteroatoms. The number of benzene rings is 2. The zero-order valence-electron chi connectivity index (χ0n) is 13.5. The van der Waals surface area contributed by atoms with Crippen LogP contribution in [-0.2, 0) is 6.54 Å². The zero-order chi connectivity index (χ0) is 17.2. The van der Waals surface area contributed by atoms with Gasteiger partial charge in [-0.25, -0.2) is 9.97 Å². The lowest BCUT2D eigenvalue weighted by Gasteiger charge is -2.08. The van der Waals surface area contributed by atoms with Gasteiger partial charge in [-0.15, -0.1) is 16.4 Å². The number of hydrogen-bond acceptors (Lipinski definition) is 7. The van der Waals surface area contributed by atoms with Crippen molar-refractivity contribution in [2.45, 2.75) is 13.5 Å². The quantitative estimate of drug-likeness (QED) is 0.583. The molecule has 2 aromatic heterocycles. The maximum atomic E-state index is 10.1. The number of aromatic nitrogens is 4. The third kappa shape index (κ3) is 3.14. The molecule has 0 aliphatic carbocycles. The van der Waals surface area contributed by atoms with Crippen LogP contribution < -0.4 is 5.32 Å². The predicted octanol–water partition coefficient (Wildman–Crippen LogP) is 3.77. The van der Waals surface area contributed by atoms with E-state index in [4.69, 9.17) is 0 Å². The third-order valence-corrected chi connectivity index (χ3v) is 4.84. The molecule has 2 heterocycles. The summed E-state index contributed by atoms with van der Waals surface area (Å²) in [5.41, 5.74) is 3.16. The largest absolute Gasteiger partial charge is 0.507 e. The first-order chi connectivity index (χ1) is 12.2. The Bertz CT molecular complexity index is 993. The lowest BCUT2D eigenvalue weighted by Crippen LogP contribution is -2.05. The second-order valence-electron chi connectivity index (χ2n) is 5.56. The second-order valence-corrected chi connectivity index (χ2v) is 6.68. The lowest BCUT2D eigenvalue weighted by molar-refractivity contribution is 0.476. The van der Waals surface area contributed by atoms with Gasteiger partial charge in [0.15, 0.2) is 0 Å². The van der Waals surface area contributed by atoms with Crippen molar-refractivity contribution < 1.29 is 5.11 Å². The molecule has 124 valence electrons. The Morgan fingerprint density at radius 2 is 1.96 bits per heavy atom. The maximum Gasteiger partial charge on any atom is 0.243 e. The number of nitrogens with zero attached hydrogens (tertiary/aromatic N) is 4. The first-order valence-electron chi connectivity index (χ1n) is 7.78. The van der Waals surface area contributed by atoms with Crippen LogP contribution in [-0.4, -0.2) is 25.3 Å². The van der Waals surface area contributed by atoms with E-state index >= 15 is 0 Å². The average molecular weight is 349 g/mol. The van der Waals surface area contributed by atoms with Crippen LogP contribution in [0.1, 0.15) is 10.6 Å². The van der Waals surface area contributed by atoms with Gasteiger partial charge >= 0.3 is 0 Å². The molecule has 0 fully saturated rings. The molecule has 0 unspecified atom stereocenters. The van der Waals surface area contributed by atoms with Crippen LogP contribution in [0.2, 0.25) is 0 Å². The van der Waals surface area contributed by atoms with Gasteiger partial charge in [0.05, 0.1) is 28.7 Å². The molecular formula is C18H15N5OS. The molecule has 25 heavy (non-hydrogen) atoms. The van der Waals surface area contributed by atoms with E-state index in [9.17, 15) is 5.11 Å². The fourth-order valence-electron chi connectivity index (χ4n) is 2.63.